The lowest BCUT2D eigenvalue weighted by atomic mass is 10.1. The number of hydrogen-bond acceptors (Lipinski definition) is 3. The molecule has 1 aromatic carbocycles. The van der Waals surface area contributed by atoms with Crippen LogP contribution >= 0.6 is 0 Å². The van der Waals surface area contributed by atoms with E-state index in [1.54, 1.807) is 23.1 Å². The highest BCUT2D eigenvalue weighted by Crippen LogP contribution is 2.16. The molecule has 1 saturated heterocycles. The normalized spacial score (nSPS) is 15.1. The maximum atomic E-state index is 12.0. The van der Waals surface area contributed by atoms with Crippen molar-refractivity contribution in [3.63, 3.8) is 0 Å². The van der Waals surface area contributed by atoms with Crippen molar-refractivity contribution in [1.29, 1.82) is 0 Å². The molecule has 102 valence electrons. The van der Waals surface area contributed by atoms with Crippen molar-refractivity contribution in [2.24, 2.45) is 5.73 Å². The fraction of sp³-hybridized carbons (Fsp3) is 0.385. The van der Waals surface area contributed by atoms with Gasteiger partial charge in [-0.2, -0.15) is 0 Å². The summed E-state index contributed by atoms with van der Waals surface area (Å²) in [6.07, 6.45) is 0.111. The van der Waals surface area contributed by atoms with Gasteiger partial charge >= 0.3 is 6.03 Å². The molecule has 1 aliphatic rings. The fourth-order valence-electron chi connectivity index (χ4n) is 1.94. The third-order valence-electron chi connectivity index (χ3n) is 2.92. The quantitative estimate of drug-likeness (QED) is 0.836. The standard InChI is InChI=1S/C13H17N3O3/c14-12(17)9-10-3-1-2-4-11(10)15-13(18)16-5-7-19-8-6-16/h1-4H,5-9H2,(H2,14,17)(H,15,18). The van der Waals surface area contributed by atoms with E-state index < -0.39 is 5.91 Å². The van der Waals surface area contributed by atoms with Gasteiger partial charge in [-0.3, -0.25) is 4.79 Å². The second-order valence-corrected chi connectivity index (χ2v) is 4.33. The van der Waals surface area contributed by atoms with Crippen LogP contribution in [0.4, 0.5) is 10.5 Å². The molecule has 2 rings (SSSR count). The second kappa shape index (κ2) is 6.19. The molecule has 0 bridgehead atoms. The van der Waals surface area contributed by atoms with E-state index in [2.05, 4.69) is 5.32 Å². The van der Waals surface area contributed by atoms with Gasteiger partial charge in [0.25, 0.3) is 0 Å². The number of nitrogens with zero attached hydrogens (tertiary/aromatic N) is 1. The zero-order valence-electron chi connectivity index (χ0n) is 10.6. The molecule has 0 spiro atoms. The molecule has 0 atom stereocenters. The minimum absolute atomic E-state index is 0.111. The lowest BCUT2D eigenvalue weighted by Gasteiger charge is -2.27. The van der Waals surface area contributed by atoms with Crippen LogP contribution in [0.25, 0.3) is 0 Å². The number of anilines is 1. The Kier molecular flexibility index (Phi) is 4.35. The molecule has 0 unspecified atom stereocenters. The molecule has 1 aromatic rings. The molecular weight excluding hydrogens is 246 g/mol. The largest absolute Gasteiger partial charge is 0.378 e. The molecule has 3 N–H and O–H groups in total. The van der Waals surface area contributed by atoms with Gasteiger partial charge in [0.15, 0.2) is 0 Å². The summed E-state index contributed by atoms with van der Waals surface area (Å²) in [5, 5.41) is 2.81. The Morgan fingerprint density at radius 3 is 2.63 bits per heavy atom. The van der Waals surface area contributed by atoms with Gasteiger partial charge in [0.1, 0.15) is 0 Å². The molecule has 1 heterocycles. The first kappa shape index (κ1) is 13.4. The molecule has 0 saturated carbocycles. The number of primary amides is 1. The van der Waals surface area contributed by atoms with Gasteiger partial charge in [0.05, 0.1) is 19.6 Å². The Bertz CT molecular complexity index is 470. The summed E-state index contributed by atoms with van der Waals surface area (Å²) < 4.78 is 5.19. The molecular formula is C13H17N3O3. The smallest absolute Gasteiger partial charge is 0.322 e. The molecule has 1 aliphatic heterocycles. The average molecular weight is 263 g/mol. The number of carbonyl (C=O) groups excluding carboxylic acids is 2. The van der Waals surface area contributed by atoms with Crippen molar-refractivity contribution in [3.05, 3.63) is 29.8 Å². The Labute approximate surface area is 111 Å². The molecule has 1 fully saturated rings. The highest BCUT2D eigenvalue weighted by Gasteiger charge is 2.17. The van der Waals surface area contributed by atoms with Gasteiger partial charge < -0.3 is 20.7 Å². The highest BCUT2D eigenvalue weighted by atomic mass is 16.5. The molecule has 0 aromatic heterocycles. The van der Waals surface area contributed by atoms with Gasteiger partial charge in [-0.05, 0) is 11.6 Å². The third-order valence-corrected chi connectivity index (χ3v) is 2.92. The van der Waals surface area contributed by atoms with Crippen LogP contribution in [0, 0.1) is 0 Å². The van der Waals surface area contributed by atoms with Crippen LogP contribution < -0.4 is 11.1 Å². The van der Waals surface area contributed by atoms with Gasteiger partial charge in [0.2, 0.25) is 5.91 Å². The van der Waals surface area contributed by atoms with Crippen LogP contribution in [0.3, 0.4) is 0 Å². The van der Waals surface area contributed by atoms with Gasteiger partial charge in [-0.1, -0.05) is 18.2 Å². The Morgan fingerprint density at radius 1 is 1.26 bits per heavy atom. The fourth-order valence-corrected chi connectivity index (χ4v) is 1.94. The number of rotatable bonds is 3. The Balaban J connectivity index is 2.05. The molecule has 0 radical (unpaired) electrons. The van der Waals surface area contributed by atoms with E-state index in [4.69, 9.17) is 10.5 Å². The van der Waals surface area contributed by atoms with E-state index in [0.717, 1.165) is 5.56 Å². The minimum Gasteiger partial charge on any atom is -0.378 e. The van der Waals surface area contributed by atoms with E-state index in [1.165, 1.54) is 0 Å². The van der Waals surface area contributed by atoms with Crippen LogP contribution in [0.2, 0.25) is 0 Å². The van der Waals surface area contributed by atoms with E-state index in [1.807, 2.05) is 6.07 Å². The monoisotopic (exact) mass is 263 g/mol. The van der Waals surface area contributed by atoms with Gasteiger partial charge in [0, 0.05) is 18.8 Å². The number of nitrogens with two attached hydrogens (primary N) is 1. The second-order valence-electron chi connectivity index (χ2n) is 4.33. The summed E-state index contributed by atoms with van der Waals surface area (Å²) >= 11 is 0. The number of amides is 3. The zero-order chi connectivity index (χ0) is 13.7. The summed E-state index contributed by atoms with van der Waals surface area (Å²) in [5.74, 6) is -0.423. The predicted molar refractivity (Wildman–Crippen MR) is 70.8 cm³/mol. The molecule has 6 nitrogen and oxygen atoms in total. The number of morpholine rings is 1. The van der Waals surface area contributed by atoms with E-state index >= 15 is 0 Å². The molecule has 19 heavy (non-hydrogen) atoms. The van der Waals surface area contributed by atoms with Crippen LogP contribution in [-0.4, -0.2) is 43.1 Å². The molecule has 3 amide bonds. The van der Waals surface area contributed by atoms with Crippen molar-refractivity contribution >= 4 is 17.6 Å². The predicted octanol–water partition coefficient (Wildman–Crippen LogP) is 0.578. The summed E-state index contributed by atoms with van der Waals surface area (Å²) in [7, 11) is 0. The van der Waals surface area contributed by atoms with E-state index in [0.29, 0.717) is 32.0 Å². The topological polar surface area (TPSA) is 84.7 Å². The van der Waals surface area contributed by atoms with Crippen molar-refractivity contribution in [2.45, 2.75) is 6.42 Å². The summed E-state index contributed by atoms with van der Waals surface area (Å²) in [5.41, 5.74) is 6.53. The van der Waals surface area contributed by atoms with Crippen LogP contribution in [-0.2, 0) is 16.0 Å². The zero-order valence-corrected chi connectivity index (χ0v) is 10.6. The Hall–Kier alpha value is -2.08. The maximum absolute atomic E-state index is 12.0. The SMILES string of the molecule is NC(=O)Cc1ccccc1NC(=O)N1CCOCC1. The van der Waals surface area contributed by atoms with Crippen LogP contribution in [0.1, 0.15) is 5.56 Å². The Morgan fingerprint density at radius 2 is 1.95 bits per heavy atom. The summed E-state index contributed by atoms with van der Waals surface area (Å²) in [6.45, 7) is 2.25. The van der Waals surface area contributed by atoms with Crippen molar-refractivity contribution in [2.75, 3.05) is 31.6 Å². The number of hydrogen-bond donors (Lipinski definition) is 2. The van der Waals surface area contributed by atoms with Crippen LogP contribution in [0.15, 0.2) is 24.3 Å². The average Bonchev–Trinajstić information content (AvgIpc) is 2.41. The summed E-state index contributed by atoms with van der Waals surface area (Å²) in [6, 6.07) is 6.97. The maximum Gasteiger partial charge on any atom is 0.322 e. The van der Waals surface area contributed by atoms with Gasteiger partial charge in [-0.25, -0.2) is 4.79 Å². The summed E-state index contributed by atoms with van der Waals surface area (Å²) in [4.78, 5) is 24.7. The minimum atomic E-state index is -0.423. The lowest BCUT2D eigenvalue weighted by molar-refractivity contribution is -0.117. The number of ether oxygens (including phenoxy) is 1. The first-order chi connectivity index (χ1) is 9.16. The van der Waals surface area contributed by atoms with Crippen molar-refractivity contribution in [3.8, 4) is 0 Å². The lowest BCUT2D eigenvalue weighted by Crippen LogP contribution is -2.43. The number of benzene rings is 1. The number of nitrogens with one attached hydrogen (secondary N) is 1. The van der Waals surface area contributed by atoms with E-state index in [-0.39, 0.29) is 12.5 Å². The molecule has 0 aliphatic carbocycles. The first-order valence-electron chi connectivity index (χ1n) is 6.16. The van der Waals surface area contributed by atoms with Crippen LogP contribution in [0.5, 0.6) is 0 Å². The number of urea groups is 1. The number of carbonyl (C=O) groups is 2. The van der Waals surface area contributed by atoms with Crippen molar-refractivity contribution < 1.29 is 14.3 Å². The number of para-hydroxylation sites is 1. The van der Waals surface area contributed by atoms with Crippen molar-refractivity contribution in [1.82, 2.24) is 4.90 Å². The van der Waals surface area contributed by atoms with Gasteiger partial charge in [-0.15, -0.1) is 0 Å². The highest BCUT2D eigenvalue weighted by molar-refractivity contribution is 5.91. The van der Waals surface area contributed by atoms with E-state index in [9.17, 15) is 9.59 Å². The molecule has 6 heteroatoms. The first-order valence-corrected chi connectivity index (χ1v) is 6.16. The third kappa shape index (κ3) is 3.69.